The Morgan fingerprint density at radius 2 is 1.79 bits per heavy atom. The molecule has 1 heterocycles. The molecule has 0 bridgehead atoms. The van der Waals surface area contributed by atoms with E-state index in [1.807, 2.05) is 22.6 Å². The van der Waals surface area contributed by atoms with Gasteiger partial charge in [-0.15, -0.1) is 0 Å². The minimum absolute atomic E-state index is 0.0745. The molecule has 0 amide bonds. The lowest BCUT2D eigenvalue weighted by molar-refractivity contribution is -0.159. The van der Waals surface area contributed by atoms with Crippen molar-refractivity contribution in [2.24, 2.45) is 5.41 Å². The SMILES string of the molecule is CCOC(=O)C1(C=O)CCN(S(=O)(=O)Nc2ccc(F)c(F)c2Nc2ccc(I)cc2F)CC1. The number of esters is 1. The van der Waals surface area contributed by atoms with Crippen LogP contribution in [-0.4, -0.2) is 44.7 Å². The Morgan fingerprint density at radius 1 is 1.15 bits per heavy atom. The van der Waals surface area contributed by atoms with Crippen LogP contribution in [0.25, 0.3) is 0 Å². The number of carbonyl (C=O) groups is 2. The monoisotopic (exact) mass is 611 g/mol. The van der Waals surface area contributed by atoms with E-state index >= 15 is 0 Å². The summed E-state index contributed by atoms with van der Waals surface area (Å²) in [7, 11) is -4.30. The molecule has 34 heavy (non-hydrogen) atoms. The maximum absolute atomic E-state index is 14.6. The third kappa shape index (κ3) is 5.46. The van der Waals surface area contributed by atoms with E-state index in [1.54, 1.807) is 6.92 Å². The Balaban J connectivity index is 1.84. The predicted octanol–water partition coefficient (Wildman–Crippen LogP) is 3.95. The molecule has 2 N–H and O–H groups in total. The summed E-state index contributed by atoms with van der Waals surface area (Å²) in [5.41, 5.74) is -2.59. The summed E-state index contributed by atoms with van der Waals surface area (Å²) >= 11 is 1.88. The number of nitrogens with zero attached hydrogens (tertiary/aromatic N) is 1. The van der Waals surface area contributed by atoms with Crippen molar-refractivity contribution in [3.05, 3.63) is 51.4 Å². The Kier molecular flexibility index (Phi) is 8.08. The van der Waals surface area contributed by atoms with Crippen LogP contribution in [0, 0.1) is 26.4 Å². The van der Waals surface area contributed by atoms with Gasteiger partial charge in [-0.1, -0.05) is 0 Å². The average molecular weight is 611 g/mol. The second-order valence-corrected chi connectivity index (χ2v) is 10.4. The van der Waals surface area contributed by atoms with E-state index in [0.717, 1.165) is 16.4 Å². The van der Waals surface area contributed by atoms with Crippen molar-refractivity contribution in [1.29, 1.82) is 0 Å². The Hall–Kier alpha value is -2.39. The lowest BCUT2D eigenvalue weighted by Crippen LogP contribution is -2.49. The van der Waals surface area contributed by atoms with Crippen LogP contribution in [0.4, 0.5) is 30.2 Å². The average Bonchev–Trinajstić information content (AvgIpc) is 2.80. The van der Waals surface area contributed by atoms with Gasteiger partial charge in [-0.3, -0.25) is 9.52 Å². The number of hydrogen-bond acceptors (Lipinski definition) is 6. The zero-order chi connectivity index (χ0) is 25.1. The van der Waals surface area contributed by atoms with Gasteiger partial charge in [0.15, 0.2) is 11.6 Å². The lowest BCUT2D eigenvalue weighted by Gasteiger charge is -2.35. The molecule has 1 fully saturated rings. The smallest absolute Gasteiger partial charge is 0.319 e. The summed E-state index contributed by atoms with van der Waals surface area (Å²) < 4.78 is 77.3. The molecule has 0 saturated carbocycles. The third-order valence-corrected chi connectivity index (χ3v) is 7.58. The molecule has 0 unspecified atom stereocenters. The quantitative estimate of drug-likeness (QED) is 0.203. The van der Waals surface area contributed by atoms with Gasteiger partial charge < -0.3 is 14.8 Å². The van der Waals surface area contributed by atoms with E-state index in [9.17, 15) is 31.2 Å². The van der Waals surface area contributed by atoms with Gasteiger partial charge in [0.05, 0.1) is 18.0 Å². The van der Waals surface area contributed by atoms with E-state index in [4.69, 9.17) is 4.74 Å². The number of rotatable bonds is 8. The number of halogens is 4. The molecule has 0 spiro atoms. The van der Waals surface area contributed by atoms with Gasteiger partial charge in [-0.25, -0.2) is 13.2 Å². The summed E-state index contributed by atoms with van der Waals surface area (Å²) in [6, 6.07) is 5.74. The molecule has 0 aromatic heterocycles. The van der Waals surface area contributed by atoms with E-state index in [1.165, 1.54) is 18.2 Å². The largest absolute Gasteiger partial charge is 0.465 e. The van der Waals surface area contributed by atoms with Gasteiger partial charge in [-0.05, 0) is 72.7 Å². The number of nitrogens with one attached hydrogen (secondary N) is 2. The predicted molar refractivity (Wildman–Crippen MR) is 127 cm³/mol. The Morgan fingerprint density at radius 3 is 2.38 bits per heavy atom. The number of aldehydes is 1. The van der Waals surface area contributed by atoms with Crippen LogP contribution in [0.15, 0.2) is 30.3 Å². The van der Waals surface area contributed by atoms with Crippen molar-refractivity contribution in [2.45, 2.75) is 19.8 Å². The minimum atomic E-state index is -4.30. The van der Waals surface area contributed by atoms with Crippen LogP contribution >= 0.6 is 22.6 Å². The lowest BCUT2D eigenvalue weighted by atomic mass is 9.80. The molecule has 13 heteroatoms. The van der Waals surface area contributed by atoms with Crippen molar-refractivity contribution >= 4 is 62.1 Å². The fourth-order valence-electron chi connectivity index (χ4n) is 3.46. The number of ether oxygens (including phenoxy) is 1. The van der Waals surface area contributed by atoms with Crippen LogP contribution in [0.2, 0.25) is 0 Å². The molecule has 0 atom stereocenters. The van der Waals surface area contributed by atoms with Crippen LogP contribution in [0.5, 0.6) is 0 Å². The number of hydrogen-bond donors (Lipinski definition) is 2. The topological polar surface area (TPSA) is 105 Å². The fraction of sp³-hybridized carbons (Fsp3) is 0.333. The highest BCUT2D eigenvalue weighted by atomic mass is 127. The van der Waals surface area contributed by atoms with Crippen molar-refractivity contribution in [3.63, 3.8) is 0 Å². The normalized spacial score (nSPS) is 16.0. The first-order valence-corrected chi connectivity index (χ1v) is 12.7. The summed E-state index contributed by atoms with van der Waals surface area (Å²) in [5, 5.41) is 2.41. The Labute approximate surface area is 208 Å². The third-order valence-electron chi connectivity index (χ3n) is 5.39. The second-order valence-electron chi connectivity index (χ2n) is 7.53. The number of carbonyl (C=O) groups excluding carboxylic acids is 2. The van der Waals surface area contributed by atoms with Gasteiger partial charge in [0.25, 0.3) is 0 Å². The maximum atomic E-state index is 14.6. The molecular formula is C21H21F3IN3O5S. The number of anilines is 3. The molecule has 1 aliphatic rings. The molecule has 2 aromatic rings. The summed E-state index contributed by atoms with van der Waals surface area (Å²) in [5.74, 6) is -4.13. The first-order chi connectivity index (χ1) is 16.0. The molecular weight excluding hydrogens is 590 g/mol. The standard InChI is InChI=1S/C21H21F3IN3O5S/c1-2-33-20(30)21(12-29)7-9-28(10-8-21)34(31,32)27-17-6-4-14(22)18(24)19(17)26-16-5-3-13(25)11-15(16)23/h3-6,11-12,26-27H,2,7-10H2,1H3. The zero-order valence-corrected chi connectivity index (χ0v) is 20.9. The van der Waals surface area contributed by atoms with Crippen LogP contribution in [0.3, 0.4) is 0 Å². The van der Waals surface area contributed by atoms with E-state index in [0.29, 0.717) is 9.86 Å². The number of benzene rings is 2. The molecule has 8 nitrogen and oxygen atoms in total. The maximum Gasteiger partial charge on any atom is 0.319 e. The van der Waals surface area contributed by atoms with E-state index in [-0.39, 0.29) is 43.9 Å². The summed E-state index contributed by atoms with van der Waals surface area (Å²) in [6.07, 6.45) is 0.259. The van der Waals surface area contributed by atoms with Gasteiger partial charge in [0.2, 0.25) is 0 Å². The van der Waals surface area contributed by atoms with Gasteiger partial charge in [-0.2, -0.15) is 12.7 Å². The van der Waals surface area contributed by atoms with E-state index < -0.39 is 44.7 Å². The number of piperidine rings is 1. The van der Waals surface area contributed by atoms with Crippen LogP contribution in [0.1, 0.15) is 19.8 Å². The highest BCUT2D eigenvalue weighted by molar-refractivity contribution is 14.1. The molecule has 1 saturated heterocycles. The first kappa shape index (κ1) is 26.2. The molecule has 1 aliphatic heterocycles. The van der Waals surface area contributed by atoms with Crippen LogP contribution < -0.4 is 10.0 Å². The van der Waals surface area contributed by atoms with Crippen molar-refractivity contribution in [1.82, 2.24) is 4.31 Å². The summed E-state index contributed by atoms with van der Waals surface area (Å²) in [6.45, 7) is 1.29. The van der Waals surface area contributed by atoms with E-state index in [2.05, 4.69) is 10.0 Å². The van der Waals surface area contributed by atoms with Gasteiger partial charge in [0, 0.05) is 16.7 Å². The molecule has 184 valence electrons. The highest BCUT2D eigenvalue weighted by Crippen LogP contribution is 2.35. The molecule has 0 aliphatic carbocycles. The van der Waals surface area contributed by atoms with Crippen LogP contribution in [-0.2, 0) is 24.5 Å². The zero-order valence-electron chi connectivity index (χ0n) is 17.9. The highest BCUT2D eigenvalue weighted by Gasteiger charge is 2.45. The fourth-order valence-corrected chi connectivity index (χ4v) is 5.15. The first-order valence-electron chi connectivity index (χ1n) is 10.1. The minimum Gasteiger partial charge on any atom is -0.465 e. The summed E-state index contributed by atoms with van der Waals surface area (Å²) in [4.78, 5) is 23.8. The van der Waals surface area contributed by atoms with Gasteiger partial charge in [0.1, 0.15) is 23.2 Å². The van der Waals surface area contributed by atoms with Crippen molar-refractivity contribution < 1.29 is 35.9 Å². The molecule has 2 aromatic carbocycles. The molecule has 0 radical (unpaired) electrons. The Bertz CT molecular complexity index is 1200. The van der Waals surface area contributed by atoms with Crippen molar-refractivity contribution in [3.8, 4) is 0 Å². The molecule has 3 rings (SSSR count). The second kappa shape index (κ2) is 10.5. The van der Waals surface area contributed by atoms with Gasteiger partial charge >= 0.3 is 16.2 Å². The van der Waals surface area contributed by atoms with Crippen molar-refractivity contribution in [2.75, 3.05) is 29.7 Å².